The van der Waals surface area contributed by atoms with E-state index in [4.69, 9.17) is 14.6 Å². The van der Waals surface area contributed by atoms with Crippen molar-refractivity contribution in [1.29, 1.82) is 0 Å². The second-order valence-corrected chi connectivity index (χ2v) is 2.81. The van der Waals surface area contributed by atoms with Crippen LogP contribution in [0.2, 0.25) is 0 Å². The monoisotopic (exact) mass is 196 g/mol. The number of carbonyl (C=O) groups is 1. The van der Waals surface area contributed by atoms with Gasteiger partial charge in [0, 0.05) is 0 Å². The summed E-state index contributed by atoms with van der Waals surface area (Å²) in [7, 11) is 1.58. The number of rotatable bonds is 4. The smallest absolute Gasteiger partial charge is 0.341 e. The molecule has 4 nitrogen and oxygen atoms in total. The van der Waals surface area contributed by atoms with E-state index in [-0.39, 0.29) is 6.61 Å². The molecule has 0 bridgehead atoms. The van der Waals surface area contributed by atoms with Crippen LogP contribution in [0.4, 0.5) is 0 Å². The average molecular weight is 196 g/mol. The molecular weight excluding hydrogens is 184 g/mol. The van der Waals surface area contributed by atoms with E-state index in [1.54, 1.807) is 25.3 Å². The molecule has 0 radical (unpaired) electrons. The fourth-order valence-corrected chi connectivity index (χ4v) is 1.05. The number of carboxylic acid groups (broad SMARTS) is 1. The van der Waals surface area contributed by atoms with Gasteiger partial charge in [0.25, 0.3) is 0 Å². The first-order valence-electron chi connectivity index (χ1n) is 4.12. The lowest BCUT2D eigenvalue weighted by Crippen LogP contribution is -2.09. The largest absolute Gasteiger partial charge is 0.497 e. The number of hydrogen-bond acceptors (Lipinski definition) is 3. The quantitative estimate of drug-likeness (QED) is 0.792. The molecule has 1 aromatic rings. The molecule has 0 saturated heterocycles. The number of ether oxygens (including phenoxy) is 2. The maximum atomic E-state index is 10.3. The van der Waals surface area contributed by atoms with Crippen LogP contribution in [-0.2, 0) is 4.79 Å². The van der Waals surface area contributed by atoms with Crippen LogP contribution in [0.15, 0.2) is 18.2 Å². The van der Waals surface area contributed by atoms with E-state index >= 15 is 0 Å². The Hall–Kier alpha value is -1.71. The summed E-state index contributed by atoms with van der Waals surface area (Å²) in [5.41, 5.74) is 0.852. The molecule has 0 heterocycles. The summed E-state index contributed by atoms with van der Waals surface area (Å²) in [6, 6.07) is 5.21. The standard InChI is InChI=1S/C10H12O4/c1-7-5-8(13-2)3-4-9(7)14-6-10(11)12/h3-5H,6H2,1-2H3,(H,11,12). The van der Waals surface area contributed by atoms with Gasteiger partial charge in [0.15, 0.2) is 6.61 Å². The summed E-state index contributed by atoms with van der Waals surface area (Å²) in [6.45, 7) is 1.51. The molecule has 0 aliphatic rings. The number of benzene rings is 1. The second kappa shape index (κ2) is 4.50. The van der Waals surface area contributed by atoms with Crippen molar-refractivity contribution < 1.29 is 19.4 Å². The summed E-state index contributed by atoms with van der Waals surface area (Å²) < 4.78 is 10.0. The first-order valence-corrected chi connectivity index (χ1v) is 4.12. The topological polar surface area (TPSA) is 55.8 Å². The van der Waals surface area contributed by atoms with Crippen molar-refractivity contribution in [3.8, 4) is 11.5 Å². The minimum Gasteiger partial charge on any atom is -0.497 e. The second-order valence-electron chi connectivity index (χ2n) is 2.81. The number of aryl methyl sites for hydroxylation is 1. The van der Waals surface area contributed by atoms with E-state index in [0.29, 0.717) is 5.75 Å². The molecule has 0 aliphatic heterocycles. The van der Waals surface area contributed by atoms with Crippen molar-refractivity contribution in [2.75, 3.05) is 13.7 Å². The highest BCUT2D eigenvalue weighted by Crippen LogP contribution is 2.22. The Bertz CT molecular complexity index is 333. The molecule has 0 atom stereocenters. The first kappa shape index (κ1) is 10.4. The molecule has 0 aliphatic carbocycles. The highest BCUT2D eigenvalue weighted by molar-refractivity contribution is 5.68. The zero-order valence-corrected chi connectivity index (χ0v) is 8.11. The highest BCUT2D eigenvalue weighted by Gasteiger charge is 2.03. The van der Waals surface area contributed by atoms with Crippen molar-refractivity contribution in [2.24, 2.45) is 0 Å². The van der Waals surface area contributed by atoms with Crippen molar-refractivity contribution in [3.05, 3.63) is 23.8 Å². The van der Waals surface area contributed by atoms with Crippen molar-refractivity contribution >= 4 is 5.97 Å². The van der Waals surface area contributed by atoms with Gasteiger partial charge in [-0.15, -0.1) is 0 Å². The maximum absolute atomic E-state index is 10.3. The third-order valence-electron chi connectivity index (χ3n) is 1.73. The summed E-state index contributed by atoms with van der Waals surface area (Å²) in [4.78, 5) is 10.3. The fraction of sp³-hybridized carbons (Fsp3) is 0.300. The molecular formula is C10H12O4. The predicted octanol–water partition coefficient (Wildman–Crippen LogP) is 1.47. The van der Waals surface area contributed by atoms with Gasteiger partial charge in [-0.25, -0.2) is 4.79 Å². The molecule has 1 aromatic carbocycles. The summed E-state index contributed by atoms with van der Waals surface area (Å²) in [5.74, 6) is 0.304. The van der Waals surface area contributed by atoms with Crippen LogP contribution in [0.5, 0.6) is 11.5 Å². The van der Waals surface area contributed by atoms with E-state index in [1.165, 1.54) is 0 Å². The van der Waals surface area contributed by atoms with E-state index in [2.05, 4.69) is 0 Å². The Morgan fingerprint density at radius 2 is 2.21 bits per heavy atom. The summed E-state index contributed by atoms with van der Waals surface area (Å²) >= 11 is 0. The van der Waals surface area contributed by atoms with Gasteiger partial charge in [0.05, 0.1) is 7.11 Å². The molecule has 1 rings (SSSR count). The SMILES string of the molecule is COc1ccc(OCC(=O)O)c(C)c1. The van der Waals surface area contributed by atoms with Crippen LogP contribution in [0.1, 0.15) is 5.56 Å². The number of hydrogen-bond donors (Lipinski definition) is 1. The lowest BCUT2D eigenvalue weighted by Gasteiger charge is -2.08. The first-order chi connectivity index (χ1) is 6.63. The molecule has 0 fully saturated rings. The van der Waals surface area contributed by atoms with Gasteiger partial charge in [-0.05, 0) is 30.7 Å². The number of carboxylic acids is 1. The van der Waals surface area contributed by atoms with E-state index in [1.807, 2.05) is 6.92 Å². The Morgan fingerprint density at radius 1 is 1.50 bits per heavy atom. The minimum absolute atomic E-state index is 0.326. The predicted molar refractivity (Wildman–Crippen MR) is 50.9 cm³/mol. The van der Waals surface area contributed by atoms with Crippen LogP contribution in [0, 0.1) is 6.92 Å². The molecule has 14 heavy (non-hydrogen) atoms. The summed E-state index contributed by atoms with van der Waals surface area (Å²) in [5, 5.41) is 8.42. The molecule has 0 unspecified atom stereocenters. The molecule has 1 N–H and O–H groups in total. The summed E-state index contributed by atoms with van der Waals surface area (Å²) in [6.07, 6.45) is 0. The van der Waals surface area contributed by atoms with Gasteiger partial charge in [0.2, 0.25) is 0 Å². The van der Waals surface area contributed by atoms with E-state index < -0.39 is 5.97 Å². The molecule has 76 valence electrons. The van der Waals surface area contributed by atoms with Gasteiger partial charge >= 0.3 is 5.97 Å². The Balaban J connectivity index is 2.73. The number of aliphatic carboxylic acids is 1. The van der Waals surface area contributed by atoms with Gasteiger partial charge < -0.3 is 14.6 Å². The zero-order chi connectivity index (χ0) is 10.6. The van der Waals surface area contributed by atoms with Crippen LogP contribution >= 0.6 is 0 Å². The van der Waals surface area contributed by atoms with E-state index in [9.17, 15) is 4.79 Å². The Kier molecular flexibility index (Phi) is 3.34. The molecule has 4 heteroatoms. The van der Waals surface area contributed by atoms with Crippen LogP contribution in [0.3, 0.4) is 0 Å². The zero-order valence-electron chi connectivity index (χ0n) is 8.11. The van der Waals surface area contributed by atoms with Gasteiger partial charge in [-0.3, -0.25) is 0 Å². The van der Waals surface area contributed by atoms with Crippen molar-refractivity contribution in [1.82, 2.24) is 0 Å². The highest BCUT2D eigenvalue weighted by atomic mass is 16.5. The lowest BCUT2D eigenvalue weighted by atomic mass is 10.2. The average Bonchev–Trinajstić information content (AvgIpc) is 2.15. The Morgan fingerprint density at radius 3 is 2.71 bits per heavy atom. The van der Waals surface area contributed by atoms with Crippen LogP contribution in [0.25, 0.3) is 0 Å². The Labute approximate surface area is 82.1 Å². The molecule has 0 spiro atoms. The lowest BCUT2D eigenvalue weighted by molar-refractivity contribution is -0.139. The fourth-order valence-electron chi connectivity index (χ4n) is 1.05. The molecule has 0 amide bonds. The third-order valence-corrected chi connectivity index (χ3v) is 1.73. The normalized spacial score (nSPS) is 9.57. The van der Waals surface area contributed by atoms with Crippen LogP contribution < -0.4 is 9.47 Å². The number of methoxy groups -OCH3 is 1. The van der Waals surface area contributed by atoms with Gasteiger partial charge in [0.1, 0.15) is 11.5 Å². The van der Waals surface area contributed by atoms with Crippen LogP contribution in [-0.4, -0.2) is 24.8 Å². The van der Waals surface area contributed by atoms with Gasteiger partial charge in [-0.1, -0.05) is 0 Å². The third kappa shape index (κ3) is 2.65. The van der Waals surface area contributed by atoms with Gasteiger partial charge in [-0.2, -0.15) is 0 Å². The molecule has 0 aromatic heterocycles. The molecule has 0 saturated carbocycles. The maximum Gasteiger partial charge on any atom is 0.341 e. The van der Waals surface area contributed by atoms with E-state index in [0.717, 1.165) is 11.3 Å². The van der Waals surface area contributed by atoms with Crippen molar-refractivity contribution in [3.63, 3.8) is 0 Å². The minimum atomic E-state index is -0.986. The van der Waals surface area contributed by atoms with Crippen molar-refractivity contribution in [2.45, 2.75) is 6.92 Å².